The van der Waals surface area contributed by atoms with Gasteiger partial charge in [-0.25, -0.2) is 9.97 Å². The molecule has 2 heterocycles. The quantitative estimate of drug-likeness (QED) is 0.656. The van der Waals surface area contributed by atoms with Crippen LogP contribution in [0.25, 0.3) is 0 Å². The summed E-state index contributed by atoms with van der Waals surface area (Å²) in [7, 11) is 0. The molecule has 29 heavy (non-hydrogen) atoms. The second-order valence-corrected chi connectivity index (χ2v) is 8.65. The maximum atomic E-state index is 12.9. The number of carbonyl (C=O) groups is 2. The highest BCUT2D eigenvalue weighted by Gasteiger charge is 2.38. The van der Waals surface area contributed by atoms with E-state index in [0.717, 1.165) is 19.3 Å². The molecule has 0 bridgehead atoms. The van der Waals surface area contributed by atoms with Crippen molar-refractivity contribution in [1.29, 1.82) is 5.26 Å². The zero-order chi connectivity index (χ0) is 21.0. The molecule has 3 atom stereocenters. The average Bonchev–Trinajstić information content (AvgIpc) is 3.44. The molecule has 8 nitrogen and oxygen atoms in total. The van der Waals surface area contributed by atoms with Gasteiger partial charge in [0.2, 0.25) is 11.8 Å². The Morgan fingerprint density at radius 1 is 1.21 bits per heavy atom. The summed E-state index contributed by atoms with van der Waals surface area (Å²) >= 11 is 0. The van der Waals surface area contributed by atoms with Crippen LogP contribution in [-0.2, 0) is 9.59 Å². The van der Waals surface area contributed by atoms with Crippen molar-refractivity contribution < 1.29 is 9.59 Å². The molecule has 2 N–H and O–H groups in total. The third-order valence-corrected chi connectivity index (χ3v) is 5.48. The number of amides is 2. The Labute approximate surface area is 172 Å². The van der Waals surface area contributed by atoms with Gasteiger partial charge in [0.25, 0.3) is 0 Å². The van der Waals surface area contributed by atoms with E-state index < -0.39 is 6.04 Å². The minimum Gasteiger partial charge on any atom is -0.352 e. The topological polar surface area (TPSA) is 111 Å². The van der Waals surface area contributed by atoms with E-state index in [1.165, 1.54) is 12.4 Å². The fourth-order valence-electron chi connectivity index (χ4n) is 3.76. The van der Waals surface area contributed by atoms with E-state index in [2.05, 4.69) is 34.4 Å². The molecule has 1 aliphatic heterocycles. The summed E-state index contributed by atoms with van der Waals surface area (Å²) in [4.78, 5) is 35.8. The van der Waals surface area contributed by atoms with E-state index in [1.54, 1.807) is 0 Å². The predicted octanol–water partition coefficient (Wildman–Crippen LogP) is 1.76. The van der Waals surface area contributed by atoms with Crippen molar-refractivity contribution in [2.45, 2.75) is 71.0 Å². The molecule has 156 valence electrons. The molecule has 0 unspecified atom stereocenters. The van der Waals surface area contributed by atoms with Crippen molar-refractivity contribution in [1.82, 2.24) is 20.6 Å². The van der Waals surface area contributed by atoms with Crippen molar-refractivity contribution in [2.75, 3.05) is 11.4 Å². The normalized spacial score (nSPS) is 20.4. The standard InChI is InChI=1S/C21H30N6O2/c1-13(2)8-14(3)25-20(28)17(9-15-4-5-15)26-21(29)18-6-7-27(18)19-12-23-16(10-22)11-24-19/h11-15,17-18H,4-9H2,1-3H3,(H,25,28)(H,26,29)/t14-,17-,18-/m0/s1. The van der Waals surface area contributed by atoms with E-state index in [1.807, 2.05) is 17.9 Å². The zero-order valence-corrected chi connectivity index (χ0v) is 17.4. The lowest BCUT2D eigenvalue weighted by molar-refractivity contribution is -0.131. The molecule has 8 heteroatoms. The van der Waals surface area contributed by atoms with Crippen molar-refractivity contribution in [3.8, 4) is 6.07 Å². The average molecular weight is 399 g/mol. The first-order valence-corrected chi connectivity index (χ1v) is 10.5. The molecular weight excluding hydrogens is 368 g/mol. The second-order valence-electron chi connectivity index (χ2n) is 8.65. The summed E-state index contributed by atoms with van der Waals surface area (Å²) in [6, 6.07) is 1.15. The van der Waals surface area contributed by atoms with Crippen LogP contribution in [0.5, 0.6) is 0 Å². The Kier molecular flexibility index (Phi) is 6.68. The highest BCUT2D eigenvalue weighted by Crippen LogP contribution is 2.34. The van der Waals surface area contributed by atoms with Gasteiger partial charge in [0.05, 0.1) is 12.4 Å². The Hall–Kier alpha value is -2.69. The van der Waals surface area contributed by atoms with Crippen LogP contribution in [0.15, 0.2) is 12.4 Å². The smallest absolute Gasteiger partial charge is 0.243 e. The van der Waals surface area contributed by atoms with E-state index in [-0.39, 0.29) is 29.6 Å². The van der Waals surface area contributed by atoms with Crippen molar-refractivity contribution in [3.63, 3.8) is 0 Å². The summed E-state index contributed by atoms with van der Waals surface area (Å²) in [6.45, 7) is 6.96. The number of nitrogens with one attached hydrogen (secondary N) is 2. The SMILES string of the molecule is CC(C)C[C@H](C)NC(=O)[C@H](CC1CC1)NC(=O)[C@@H]1CCN1c1cnc(C#N)cn1. The molecule has 2 amide bonds. The summed E-state index contributed by atoms with van der Waals surface area (Å²) in [5.74, 6) is 1.35. The van der Waals surface area contributed by atoms with Crippen LogP contribution in [0.4, 0.5) is 5.82 Å². The fourth-order valence-corrected chi connectivity index (χ4v) is 3.76. The summed E-state index contributed by atoms with van der Waals surface area (Å²) in [5.41, 5.74) is 0.243. The van der Waals surface area contributed by atoms with Crippen LogP contribution in [-0.4, -0.2) is 46.5 Å². The summed E-state index contributed by atoms with van der Waals surface area (Å²) in [5, 5.41) is 14.9. The third kappa shape index (κ3) is 5.66. The van der Waals surface area contributed by atoms with Crippen LogP contribution in [0.2, 0.25) is 0 Å². The van der Waals surface area contributed by atoms with Crippen molar-refractivity contribution in [2.24, 2.45) is 11.8 Å². The van der Waals surface area contributed by atoms with Gasteiger partial charge in [-0.15, -0.1) is 0 Å². The van der Waals surface area contributed by atoms with E-state index in [9.17, 15) is 9.59 Å². The molecule has 1 aliphatic carbocycles. The number of carbonyl (C=O) groups excluding carboxylic acids is 2. The third-order valence-electron chi connectivity index (χ3n) is 5.48. The highest BCUT2D eigenvalue weighted by molar-refractivity contribution is 5.92. The first-order chi connectivity index (χ1) is 13.9. The summed E-state index contributed by atoms with van der Waals surface area (Å²) < 4.78 is 0. The van der Waals surface area contributed by atoms with E-state index in [4.69, 9.17) is 5.26 Å². The van der Waals surface area contributed by atoms with Gasteiger partial charge in [-0.2, -0.15) is 5.26 Å². The monoisotopic (exact) mass is 398 g/mol. The van der Waals surface area contributed by atoms with Gasteiger partial charge >= 0.3 is 0 Å². The molecule has 1 aromatic rings. The van der Waals surface area contributed by atoms with Crippen LogP contribution in [0.3, 0.4) is 0 Å². The van der Waals surface area contributed by atoms with Crippen molar-refractivity contribution >= 4 is 17.6 Å². The lowest BCUT2D eigenvalue weighted by Gasteiger charge is -2.41. The van der Waals surface area contributed by atoms with Gasteiger partial charge < -0.3 is 15.5 Å². The van der Waals surface area contributed by atoms with E-state index in [0.29, 0.717) is 37.0 Å². The Balaban J connectivity index is 1.60. The van der Waals surface area contributed by atoms with Gasteiger partial charge in [-0.05, 0) is 38.0 Å². The molecule has 1 aromatic heterocycles. The molecular formula is C21H30N6O2. The van der Waals surface area contributed by atoms with Crippen LogP contribution < -0.4 is 15.5 Å². The van der Waals surface area contributed by atoms with Crippen LogP contribution in [0, 0.1) is 23.2 Å². The first kappa shape index (κ1) is 21.0. The second kappa shape index (κ2) is 9.21. The summed E-state index contributed by atoms with van der Waals surface area (Å²) in [6.07, 6.45) is 7.46. The van der Waals surface area contributed by atoms with Crippen LogP contribution in [0.1, 0.15) is 58.6 Å². The maximum Gasteiger partial charge on any atom is 0.243 e. The Morgan fingerprint density at radius 3 is 2.48 bits per heavy atom. The zero-order valence-electron chi connectivity index (χ0n) is 17.4. The number of hydrogen-bond acceptors (Lipinski definition) is 6. The van der Waals surface area contributed by atoms with Crippen molar-refractivity contribution in [3.05, 3.63) is 18.1 Å². The molecule has 0 aromatic carbocycles. The van der Waals surface area contributed by atoms with Gasteiger partial charge in [0.15, 0.2) is 5.69 Å². The largest absolute Gasteiger partial charge is 0.352 e. The lowest BCUT2D eigenvalue weighted by atomic mass is 10.0. The van der Waals surface area contributed by atoms with Crippen LogP contribution >= 0.6 is 0 Å². The number of aromatic nitrogens is 2. The minimum atomic E-state index is -0.501. The Bertz CT molecular complexity index is 768. The van der Waals surface area contributed by atoms with Gasteiger partial charge in [0, 0.05) is 12.6 Å². The van der Waals surface area contributed by atoms with Gasteiger partial charge in [-0.1, -0.05) is 26.7 Å². The number of nitrogens with zero attached hydrogens (tertiary/aromatic N) is 4. The lowest BCUT2D eigenvalue weighted by Crippen LogP contribution is -2.60. The molecule has 2 fully saturated rings. The molecule has 0 radical (unpaired) electrons. The number of rotatable bonds is 9. The molecule has 1 saturated heterocycles. The van der Waals surface area contributed by atoms with Gasteiger partial charge in [-0.3, -0.25) is 9.59 Å². The number of anilines is 1. The fraction of sp³-hybridized carbons (Fsp3) is 0.667. The van der Waals surface area contributed by atoms with Gasteiger partial charge in [0.1, 0.15) is 24.0 Å². The number of nitriles is 1. The first-order valence-electron chi connectivity index (χ1n) is 10.5. The number of hydrogen-bond donors (Lipinski definition) is 2. The molecule has 1 saturated carbocycles. The molecule has 2 aliphatic rings. The molecule has 0 spiro atoms. The molecule has 3 rings (SSSR count). The van der Waals surface area contributed by atoms with E-state index >= 15 is 0 Å². The maximum absolute atomic E-state index is 12.9. The Morgan fingerprint density at radius 2 is 1.97 bits per heavy atom. The highest BCUT2D eigenvalue weighted by atomic mass is 16.2. The predicted molar refractivity (Wildman–Crippen MR) is 109 cm³/mol. The minimum absolute atomic E-state index is 0.0789.